The second-order valence-electron chi connectivity index (χ2n) is 2.88. The van der Waals surface area contributed by atoms with Crippen molar-refractivity contribution < 1.29 is 14.3 Å². The minimum absolute atomic E-state index is 0.146. The second kappa shape index (κ2) is 7.10. The minimum Gasteiger partial charge on any atom is -0.465 e. The molecule has 12 heavy (non-hydrogen) atoms. The first-order valence-corrected chi connectivity index (χ1v) is 4.38. The van der Waals surface area contributed by atoms with E-state index in [0.29, 0.717) is 13.2 Å². The highest BCUT2D eigenvalue weighted by Crippen LogP contribution is 1.99. The molecule has 0 aliphatic rings. The Morgan fingerprint density at radius 3 is 2.67 bits per heavy atom. The third kappa shape index (κ3) is 5.13. The van der Waals surface area contributed by atoms with Crippen LogP contribution < -0.4 is 0 Å². The van der Waals surface area contributed by atoms with Crippen molar-refractivity contribution in [2.75, 3.05) is 20.3 Å². The number of ether oxygens (including phenoxy) is 2. The van der Waals surface area contributed by atoms with Gasteiger partial charge in [-0.1, -0.05) is 13.3 Å². The van der Waals surface area contributed by atoms with Crippen LogP contribution in [0.25, 0.3) is 0 Å². The van der Waals surface area contributed by atoms with Gasteiger partial charge in [-0.3, -0.25) is 4.79 Å². The van der Waals surface area contributed by atoms with Crippen LogP contribution in [0.2, 0.25) is 0 Å². The summed E-state index contributed by atoms with van der Waals surface area (Å²) in [6.45, 7) is 4.83. The van der Waals surface area contributed by atoms with Crippen molar-refractivity contribution in [1.29, 1.82) is 0 Å². The molecule has 3 heteroatoms. The van der Waals surface area contributed by atoms with Crippen LogP contribution >= 0.6 is 0 Å². The lowest BCUT2D eigenvalue weighted by atomic mass is 10.2. The molecule has 0 spiro atoms. The molecule has 3 nitrogen and oxygen atoms in total. The zero-order chi connectivity index (χ0) is 9.40. The largest absolute Gasteiger partial charge is 0.465 e. The van der Waals surface area contributed by atoms with Gasteiger partial charge in [-0.2, -0.15) is 0 Å². The van der Waals surface area contributed by atoms with E-state index in [1.54, 1.807) is 14.0 Å². The molecule has 0 aromatic heterocycles. The lowest BCUT2D eigenvalue weighted by molar-refractivity contribution is -0.149. The molecule has 72 valence electrons. The van der Waals surface area contributed by atoms with Gasteiger partial charge in [0.25, 0.3) is 0 Å². The normalized spacial score (nSPS) is 12.6. The smallest absolute Gasteiger partial charge is 0.310 e. The van der Waals surface area contributed by atoms with E-state index in [1.165, 1.54) is 0 Å². The molecule has 0 aliphatic heterocycles. The highest BCUT2D eigenvalue weighted by Gasteiger charge is 2.12. The maximum Gasteiger partial charge on any atom is 0.310 e. The van der Waals surface area contributed by atoms with Crippen LogP contribution in [-0.2, 0) is 14.3 Å². The van der Waals surface area contributed by atoms with Crippen LogP contribution in [-0.4, -0.2) is 26.3 Å². The standard InChI is InChI=1S/C9H18O3/c1-4-5-6-12-9(10)8(2)7-11-3/h8H,4-7H2,1-3H3. The summed E-state index contributed by atoms with van der Waals surface area (Å²) in [4.78, 5) is 11.1. The molecule has 0 rings (SSSR count). The summed E-state index contributed by atoms with van der Waals surface area (Å²) < 4.78 is 9.81. The molecule has 1 unspecified atom stereocenters. The fourth-order valence-corrected chi connectivity index (χ4v) is 0.777. The monoisotopic (exact) mass is 174 g/mol. The van der Waals surface area contributed by atoms with Crippen molar-refractivity contribution in [3.05, 3.63) is 0 Å². The maximum absolute atomic E-state index is 11.1. The third-order valence-electron chi connectivity index (χ3n) is 1.56. The van der Waals surface area contributed by atoms with E-state index in [-0.39, 0.29) is 11.9 Å². The Balaban J connectivity index is 3.43. The molecular weight excluding hydrogens is 156 g/mol. The van der Waals surface area contributed by atoms with Crippen LogP contribution in [0.15, 0.2) is 0 Å². The SMILES string of the molecule is CCCCOC(=O)C(C)COC. The predicted octanol–water partition coefficient (Wildman–Crippen LogP) is 1.61. The van der Waals surface area contributed by atoms with Gasteiger partial charge in [-0.25, -0.2) is 0 Å². The van der Waals surface area contributed by atoms with E-state index < -0.39 is 0 Å². The summed E-state index contributed by atoms with van der Waals surface area (Å²) in [6, 6.07) is 0. The van der Waals surface area contributed by atoms with Crippen molar-refractivity contribution in [3.63, 3.8) is 0 Å². The third-order valence-corrected chi connectivity index (χ3v) is 1.56. The summed E-state index contributed by atoms with van der Waals surface area (Å²) in [7, 11) is 1.58. The number of hydrogen-bond donors (Lipinski definition) is 0. The number of hydrogen-bond acceptors (Lipinski definition) is 3. The lowest BCUT2D eigenvalue weighted by Gasteiger charge is -2.09. The van der Waals surface area contributed by atoms with Gasteiger partial charge < -0.3 is 9.47 Å². The fraction of sp³-hybridized carbons (Fsp3) is 0.889. The molecule has 0 fully saturated rings. The molecule has 0 N–H and O–H groups in total. The number of unbranched alkanes of at least 4 members (excludes halogenated alkanes) is 1. The average molecular weight is 174 g/mol. The average Bonchev–Trinajstić information content (AvgIpc) is 2.05. The van der Waals surface area contributed by atoms with Crippen molar-refractivity contribution in [2.45, 2.75) is 26.7 Å². The summed E-state index contributed by atoms with van der Waals surface area (Å²) in [6.07, 6.45) is 1.98. The summed E-state index contributed by atoms with van der Waals surface area (Å²) in [5.74, 6) is -0.308. The Hall–Kier alpha value is -0.570. The van der Waals surface area contributed by atoms with E-state index in [0.717, 1.165) is 12.8 Å². The van der Waals surface area contributed by atoms with Gasteiger partial charge in [0, 0.05) is 7.11 Å². The molecule has 0 radical (unpaired) electrons. The molecular formula is C9H18O3. The summed E-state index contributed by atoms with van der Waals surface area (Å²) in [5.41, 5.74) is 0. The van der Waals surface area contributed by atoms with Crippen molar-refractivity contribution in [3.8, 4) is 0 Å². The Kier molecular flexibility index (Phi) is 6.76. The lowest BCUT2D eigenvalue weighted by Crippen LogP contribution is -2.19. The number of esters is 1. The summed E-state index contributed by atoms with van der Waals surface area (Å²) in [5, 5.41) is 0. The van der Waals surface area contributed by atoms with Gasteiger partial charge in [0.2, 0.25) is 0 Å². The predicted molar refractivity (Wildman–Crippen MR) is 46.9 cm³/mol. The molecule has 0 saturated heterocycles. The number of carbonyl (C=O) groups excluding carboxylic acids is 1. The Morgan fingerprint density at radius 1 is 1.50 bits per heavy atom. The zero-order valence-corrected chi connectivity index (χ0v) is 8.13. The van der Waals surface area contributed by atoms with E-state index in [2.05, 4.69) is 6.92 Å². The molecule has 0 aromatic rings. The quantitative estimate of drug-likeness (QED) is 0.453. The maximum atomic E-state index is 11.1. The molecule has 0 bridgehead atoms. The number of rotatable bonds is 6. The first-order chi connectivity index (χ1) is 5.72. The molecule has 0 heterocycles. The molecule has 0 aliphatic carbocycles. The van der Waals surface area contributed by atoms with Crippen molar-refractivity contribution in [1.82, 2.24) is 0 Å². The van der Waals surface area contributed by atoms with Crippen molar-refractivity contribution in [2.24, 2.45) is 5.92 Å². The van der Waals surface area contributed by atoms with Crippen LogP contribution in [0.1, 0.15) is 26.7 Å². The van der Waals surface area contributed by atoms with Gasteiger partial charge in [-0.05, 0) is 13.3 Å². The molecule has 0 saturated carbocycles. The van der Waals surface area contributed by atoms with E-state index in [1.807, 2.05) is 0 Å². The Labute approximate surface area is 74.0 Å². The van der Waals surface area contributed by atoms with Gasteiger partial charge >= 0.3 is 5.97 Å². The van der Waals surface area contributed by atoms with E-state index >= 15 is 0 Å². The molecule has 0 amide bonds. The van der Waals surface area contributed by atoms with Gasteiger partial charge in [0.05, 0.1) is 19.1 Å². The van der Waals surface area contributed by atoms with Crippen LogP contribution in [0.3, 0.4) is 0 Å². The highest BCUT2D eigenvalue weighted by molar-refractivity contribution is 5.72. The summed E-state index contributed by atoms with van der Waals surface area (Å²) >= 11 is 0. The Bertz CT molecular complexity index is 123. The Morgan fingerprint density at radius 2 is 2.17 bits per heavy atom. The van der Waals surface area contributed by atoms with E-state index in [4.69, 9.17) is 9.47 Å². The minimum atomic E-state index is -0.162. The first-order valence-electron chi connectivity index (χ1n) is 4.38. The van der Waals surface area contributed by atoms with Crippen LogP contribution in [0, 0.1) is 5.92 Å². The fourth-order valence-electron chi connectivity index (χ4n) is 0.777. The van der Waals surface area contributed by atoms with Gasteiger partial charge in [-0.15, -0.1) is 0 Å². The van der Waals surface area contributed by atoms with Gasteiger partial charge in [0.1, 0.15) is 0 Å². The topological polar surface area (TPSA) is 35.5 Å². The van der Waals surface area contributed by atoms with Crippen LogP contribution in [0.4, 0.5) is 0 Å². The zero-order valence-electron chi connectivity index (χ0n) is 8.13. The van der Waals surface area contributed by atoms with Gasteiger partial charge in [0.15, 0.2) is 0 Å². The second-order valence-corrected chi connectivity index (χ2v) is 2.88. The van der Waals surface area contributed by atoms with Crippen molar-refractivity contribution >= 4 is 5.97 Å². The molecule has 0 aromatic carbocycles. The van der Waals surface area contributed by atoms with E-state index in [9.17, 15) is 4.79 Å². The number of methoxy groups -OCH3 is 1. The molecule has 1 atom stereocenters. The number of carbonyl (C=O) groups is 1. The highest BCUT2D eigenvalue weighted by atomic mass is 16.5. The van der Waals surface area contributed by atoms with Crippen LogP contribution in [0.5, 0.6) is 0 Å². The first kappa shape index (κ1) is 11.4.